The van der Waals surface area contributed by atoms with E-state index >= 15 is 0 Å². The Morgan fingerprint density at radius 2 is 1.70 bits per heavy atom. The predicted octanol–water partition coefficient (Wildman–Crippen LogP) is 2.24. The van der Waals surface area contributed by atoms with Crippen molar-refractivity contribution in [2.24, 2.45) is 0 Å². The van der Waals surface area contributed by atoms with Crippen molar-refractivity contribution < 1.29 is 18.1 Å². The summed E-state index contributed by atoms with van der Waals surface area (Å²) in [6.45, 7) is 0. The lowest BCUT2D eigenvalue weighted by molar-refractivity contribution is -0.385. The topological polar surface area (TPSA) is 94.3 Å². The maximum atomic E-state index is 12.4. The van der Waals surface area contributed by atoms with Gasteiger partial charge in [-0.25, -0.2) is 8.42 Å². The second-order valence-corrected chi connectivity index (χ2v) is 5.83. The van der Waals surface area contributed by atoms with Gasteiger partial charge in [-0.05, 0) is 18.2 Å². The third kappa shape index (κ3) is 2.43. The number of carbonyl (C=O) groups is 1. The monoisotopic (exact) mass is 291 g/mol. The molecule has 20 heavy (non-hydrogen) atoms. The second kappa shape index (κ2) is 5.22. The van der Waals surface area contributed by atoms with Gasteiger partial charge in [0.1, 0.15) is 0 Å². The molecule has 0 radical (unpaired) electrons. The Kier molecular flexibility index (Phi) is 3.62. The first-order valence-corrected chi connectivity index (χ1v) is 6.99. The van der Waals surface area contributed by atoms with E-state index in [1.165, 1.54) is 24.3 Å². The van der Waals surface area contributed by atoms with E-state index in [0.29, 0.717) is 6.29 Å². The van der Waals surface area contributed by atoms with Crippen molar-refractivity contribution in [1.29, 1.82) is 0 Å². The maximum Gasteiger partial charge on any atom is 0.270 e. The van der Waals surface area contributed by atoms with E-state index < -0.39 is 14.8 Å². The number of nitrogens with zero attached hydrogens (tertiary/aromatic N) is 1. The molecule has 0 saturated carbocycles. The molecule has 2 rings (SSSR count). The minimum Gasteiger partial charge on any atom is -0.298 e. The van der Waals surface area contributed by atoms with Crippen LogP contribution >= 0.6 is 0 Å². The molecular weight excluding hydrogens is 282 g/mol. The number of hydrogen-bond acceptors (Lipinski definition) is 5. The highest BCUT2D eigenvalue weighted by Gasteiger charge is 2.23. The van der Waals surface area contributed by atoms with Gasteiger partial charge in [0.2, 0.25) is 9.84 Å². The van der Waals surface area contributed by atoms with E-state index in [1.807, 2.05) is 0 Å². The summed E-state index contributed by atoms with van der Waals surface area (Å²) in [5.41, 5.74) is -0.496. The molecule has 0 bridgehead atoms. The zero-order chi connectivity index (χ0) is 14.8. The van der Waals surface area contributed by atoms with Crippen LogP contribution in [0.5, 0.6) is 0 Å². The van der Waals surface area contributed by atoms with Crippen molar-refractivity contribution in [2.75, 3.05) is 0 Å². The van der Waals surface area contributed by atoms with Crippen molar-refractivity contribution in [3.8, 4) is 0 Å². The highest BCUT2D eigenvalue weighted by atomic mass is 32.2. The minimum absolute atomic E-state index is 0.0244. The first-order valence-electron chi connectivity index (χ1n) is 5.50. The number of non-ortho nitro benzene ring substituents is 1. The number of aldehydes is 1. The summed E-state index contributed by atoms with van der Waals surface area (Å²) in [7, 11) is -3.97. The van der Waals surface area contributed by atoms with E-state index in [-0.39, 0.29) is 21.0 Å². The van der Waals surface area contributed by atoms with Crippen molar-refractivity contribution in [3.63, 3.8) is 0 Å². The lowest BCUT2D eigenvalue weighted by atomic mass is 10.2. The average Bonchev–Trinajstić information content (AvgIpc) is 2.47. The number of rotatable bonds is 4. The van der Waals surface area contributed by atoms with Crippen LogP contribution in [0.4, 0.5) is 5.69 Å². The number of benzene rings is 2. The van der Waals surface area contributed by atoms with Crippen LogP contribution < -0.4 is 0 Å². The Hall–Kier alpha value is -2.54. The van der Waals surface area contributed by atoms with Crippen molar-refractivity contribution in [2.45, 2.75) is 9.79 Å². The molecule has 0 fully saturated rings. The van der Waals surface area contributed by atoms with Gasteiger partial charge in [0.15, 0.2) is 6.29 Å². The molecule has 102 valence electrons. The van der Waals surface area contributed by atoms with Crippen LogP contribution in [0.3, 0.4) is 0 Å². The van der Waals surface area contributed by atoms with Crippen LogP contribution in [0.15, 0.2) is 58.3 Å². The Balaban J connectivity index is 2.70. The molecule has 0 amide bonds. The fraction of sp³-hybridized carbons (Fsp3) is 0. The molecule has 0 aliphatic carbocycles. The quantitative estimate of drug-likeness (QED) is 0.489. The number of carbonyl (C=O) groups excluding carboxylic acids is 1. The maximum absolute atomic E-state index is 12.4. The largest absolute Gasteiger partial charge is 0.298 e. The third-order valence-corrected chi connectivity index (χ3v) is 4.50. The molecule has 7 heteroatoms. The highest BCUT2D eigenvalue weighted by molar-refractivity contribution is 7.91. The van der Waals surface area contributed by atoms with E-state index in [1.54, 1.807) is 6.07 Å². The van der Waals surface area contributed by atoms with Gasteiger partial charge in [-0.2, -0.15) is 0 Å². The van der Waals surface area contributed by atoms with E-state index in [4.69, 9.17) is 0 Å². The van der Waals surface area contributed by atoms with Crippen LogP contribution in [0.1, 0.15) is 10.4 Å². The van der Waals surface area contributed by atoms with Crippen LogP contribution in [0.25, 0.3) is 0 Å². The summed E-state index contributed by atoms with van der Waals surface area (Å²) in [5.74, 6) is 0. The standard InChI is InChI=1S/C13H9NO5S/c15-9-10-6-7-11(14(16)17)8-13(10)20(18,19)12-4-2-1-3-5-12/h1-9H. The summed E-state index contributed by atoms with van der Waals surface area (Å²) in [6, 6.07) is 10.6. The average molecular weight is 291 g/mol. The molecule has 0 atom stereocenters. The van der Waals surface area contributed by atoms with Gasteiger partial charge in [-0.3, -0.25) is 14.9 Å². The number of sulfone groups is 1. The lowest BCUT2D eigenvalue weighted by Gasteiger charge is -2.06. The van der Waals surface area contributed by atoms with Gasteiger partial charge in [0.25, 0.3) is 5.69 Å². The molecule has 0 N–H and O–H groups in total. The highest BCUT2D eigenvalue weighted by Crippen LogP contribution is 2.26. The predicted molar refractivity (Wildman–Crippen MR) is 70.4 cm³/mol. The Bertz CT molecular complexity index is 769. The summed E-state index contributed by atoms with van der Waals surface area (Å²) in [6.07, 6.45) is 0.361. The van der Waals surface area contributed by atoms with Crippen LogP contribution in [0.2, 0.25) is 0 Å². The van der Waals surface area contributed by atoms with Crippen LogP contribution in [-0.2, 0) is 9.84 Å². The van der Waals surface area contributed by atoms with Crippen LogP contribution in [0, 0.1) is 10.1 Å². The van der Waals surface area contributed by atoms with Gasteiger partial charge in [0, 0.05) is 17.7 Å². The van der Waals surface area contributed by atoms with Crippen molar-refractivity contribution in [3.05, 3.63) is 64.2 Å². The molecular formula is C13H9NO5S. The van der Waals surface area contributed by atoms with Crippen molar-refractivity contribution in [1.82, 2.24) is 0 Å². The van der Waals surface area contributed by atoms with Gasteiger partial charge < -0.3 is 0 Å². The Morgan fingerprint density at radius 1 is 1.05 bits per heavy atom. The fourth-order valence-corrected chi connectivity index (χ4v) is 3.17. The summed E-state index contributed by atoms with van der Waals surface area (Å²) in [5, 5.41) is 10.7. The molecule has 0 aliphatic rings. The van der Waals surface area contributed by atoms with Crippen molar-refractivity contribution >= 4 is 21.8 Å². The number of nitro benzene ring substituents is 1. The fourth-order valence-electron chi connectivity index (χ4n) is 1.69. The molecule has 0 saturated heterocycles. The van der Waals surface area contributed by atoms with Gasteiger partial charge in [-0.1, -0.05) is 18.2 Å². The molecule has 2 aromatic carbocycles. The molecule has 2 aromatic rings. The van der Waals surface area contributed by atoms with E-state index in [0.717, 1.165) is 18.2 Å². The first-order chi connectivity index (χ1) is 9.46. The summed E-state index contributed by atoms with van der Waals surface area (Å²) < 4.78 is 24.8. The first kappa shape index (κ1) is 13.9. The Labute approximate surface area is 114 Å². The number of nitro groups is 1. The SMILES string of the molecule is O=Cc1ccc([N+](=O)[O-])cc1S(=O)(=O)c1ccccc1. The molecule has 6 nitrogen and oxygen atoms in total. The third-order valence-electron chi connectivity index (χ3n) is 2.68. The van der Waals surface area contributed by atoms with Gasteiger partial charge in [-0.15, -0.1) is 0 Å². The molecule has 0 heterocycles. The second-order valence-electron chi connectivity index (χ2n) is 3.91. The normalized spacial score (nSPS) is 11.0. The lowest BCUT2D eigenvalue weighted by Crippen LogP contribution is -2.06. The molecule has 0 aliphatic heterocycles. The number of hydrogen-bond donors (Lipinski definition) is 0. The van der Waals surface area contributed by atoms with E-state index in [2.05, 4.69) is 0 Å². The minimum atomic E-state index is -3.97. The molecule has 0 unspecified atom stereocenters. The molecule has 0 aromatic heterocycles. The Morgan fingerprint density at radius 3 is 2.25 bits per heavy atom. The van der Waals surface area contributed by atoms with Crippen LogP contribution in [-0.4, -0.2) is 19.6 Å². The van der Waals surface area contributed by atoms with E-state index in [9.17, 15) is 23.3 Å². The zero-order valence-corrected chi connectivity index (χ0v) is 10.9. The van der Waals surface area contributed by atoms with Gasteiger partial charge >= 0.3 is 0 Å². The summed E-state index contributed by atoms with van der Waals surface area (Å²) in [4.78, 5) is 20.6. The summed E-state index contributed by atoms with van der Waals surface area (Å²) >= 11 is 0. The molecule has 0 spiro atoms. The smallest absolute Gasteiger partial charge is 0.270 e. The zero-order valence-electron chi connectivity index (χ0n) is 10.1. The van der Waals surface area contributed by atoms with Gasteiger partial charge in [0.05, 0.1) is 14.7 Å².